The van der Waals surface area contributed by atoms with Gasteiger partial charge in [-0.2, -0.15) is 0 Å². The van der Waals surface area contributed by atoms with Crippen molar-refractivity contribution in [3.63, 3.8) is 0 Å². The number of nitrogens with one attached hydrogen (secondary N) is 2. The highest BCUT2D eigenvalue weighted by molar-refractivity contribution is 6.31. The highest BCUT2D eigenvalue weighted by Crippen LogP contribution is 2.23. The smallest absolute Gasteiger partial charge is 0.345 e. The van der Waals surface area contributed by atoms with E-state index in [2.05, 4.69) is 4.74 Å². The van der Waals surface area contributed by atoms with Crippen molar-refractivity contribution in [2.75, 3.05) is 6.61 Å². The Labute approximate surface area is 156 Å². The number of ether oxygens (including phenoxy) is 1. The molecule has 2 N–H and O–H groups in total. The van der Waals surface area contributed by atoms with E-state index in [0.29, 0.717) is 0 Å². The third-order valence-electron chi connectivity index (χ3n) is 3.14. The summed E-state index contributed by atoms with van der Waals surface area (Å²) in [7, 11) is 0. The quantitative estimate of drug-likeness (QED) is 0.453. The number of carbonyl (C=O) groups is 3. The van der Waals surface area contributed by atoms with Crippen LogP contribution in [-0.2, 0) is 9.53 Å². The second-order valence-electron chi connectivity index (χ2n) is 4.98. The van der Waals surface area contributed by atoms with Gasteiger partial charge in [0.25, 0.3) is 17.5 Å². The molecule has 0 bridgehead atoms. The Balaban J connectivity index is 1.91. The van der Waals surface area contributed by atoms with E-state index in [4.69, 9.17) is 11.6 Å². The van der Waals surface area contributed by atoms with Gasteiger partial charge < -0.3 is 4.74 Å². The number of amides is 2. The maximum atomic E-state index is 13.4. The number of hydrogen-bond acceptors (Lipinski definition) is 6. The van der Waals surface area contributed by atoms with Gasteiger partial charge in [-0.1, -0.05) is 23.7 Å². The van der Waals surface area contributed by atoms with Crippen molar-refractivity contribution in [2.45, 2.75) is 0 Å². The fraction of sp³-hybridized carbons (Fsp3) is 0.0625. The molecule has 0 aliphatic carbocycles. The molecule has 0 spiro atoms. The van der Waals surface area contributed by atoms with E-state index in [9.17, 15) is 28.9 Å². The summed E-state index contributed by atoms with van der Waals surface area (Å²) in [4.78, 5) is 45.4. The molecule has 0 fully saturated rings. The molecule has 27 heavy (non-hydrogen) atoms. The first kappa shape index (κ1) is 19.8. The largest absolute Gasteiger partial charge is 0.452 e. The van der Waals surface area contributed by atoms with E-state index in [1.54, 1.807) is 0 Å². The topological polar surface area (TPSA) is 128 Å². The Bertz CT molecular complexity index is 921. The number of carbonyl (C=O) groups excluding carboxylic acids is 3. The number of hydrazine groups is 1. The molecule has 9 nitrogen and oxygen atoms in total. The van der Waals surface area contributed by atoms with Gasteiger partial charge in [0, 0.05) is 11.1 Å². The van der Waals surface area contributed by atoms with Gasteiger partial charge in [-0.15, -0.1) is 0 Å². The summed E-state index contributed by atoms with van der Waals surface area (Å²) in [6, 6.07) is 8.39. The lowest BCUT2D eigenvalue weighted by atomic mass is 10.2. The maximum Gasteiger partial charge on any atom is 0.345 e. The van der Waals surface area contributed by atoms with Gasteiger partial charge in [0.2, 0.25) is 0 Å². The first-order valence-corrected chi connectivity index (χ1v) is 7.62. The maximum absolute atomic E-state index is 13.4. The zero-order chi connectivity index (χ0) is 20.0. The van der Waals surface area contributed by atoms with Crippen LogP contribution < -0.4 is 10.9 Å². The van der Waals surface area contributed by atoms with E-state index in [0.717, 1.165) is 18.2 Å². The van der Waals surface area contributed by atoms with Gasteiger partial charge >= 0.3 is 5.97 Å². The molecular formula is C16H11ClFN3O6. The minimum Gasteiger partial charge on any atom is -0.452 e. The van der Waals surface area contributed by atoms with Crippen LogP contribution in [0.15, 0.2) is 42.5 Å². The molecule has 0 unspecified atom stereocenters. The van der Waals surface area contributed by atoms with Gasteiger partial charge in [0.1, 0.15) is 11.4 Å². The Kier molecular flexibility index (Phi) is 6.39. The molecule has 2 rings (SSSR count). The predicted molar refractivity (Wildman–Crippen MR) is 90.4 cm³/mol. The molecule has 2 aromatic rings. The molecular weight excluding hydrogens is 385 g/mol. The molecule has 2 aromatic carbocycles. The summed E-state index contributed by atoms with van der Waals surface area (Å²) in [6.07, 6.45) is 0. The standard InChI is InChI=1S/C16H11ClFN3O6/c17-9-5-6-11(13(7-9)21(25)26)16(24)27-8-14(22)19-20-15(23)10-3-1-2-4-12(10)18/h1-7H,8H2,(H,19,22)(H,20,23). The average Bonchev–Trinajstić information content (AvgIpc) is 2.64. The van der Waals surface area contributed by atoms with Crippen LogP contribution in [0.4, 0.5) is 10.1 Å². The van der Waals surface area contributed by atoms with Crippen molar-refractivity contribution >= 4 is 35.1 Å². The van der Waals surface area contributed by atoms with E-state index in [1.165, 1.54) is 24.3 Å². The van der Waals surface area contributed by atoms with Crippen LogP contribution in [-0.4, -0.2) is 29.3 Å². The summed E-state index contributed by atoms with van der Waals surface area (Å²) in [5.74, 6) is -3.77. The summed E-state index contributed by atoms with van der Waals surface area (Å²) < 4.78 is 18.1. The van der Waals surface area contributed by atoms with E-state index < -0.39 is 46.4 Å². The Morgan fingerprint density at radius 1 is 1.11 bits per heavy atom. The molecule has 0 atom stereocenters. The lowest BCUT2D eigenvalue weighted by molar-refractivity contribution is -0.385. The van der Waals surface area contributed by atoms with Crippen LogP contribution in [0.5, 0.6) is 0 Å². The minimum atomic E-state index is -1.13. The van der Waals surface area contributed by atoms with E-state index in [-0.39, 0.29) is 10.6 Å². The number of hydrogen-bond donors (Lipinski definition) is 2. The van der Waals surface area contributed by atoms with Crippen molar-refractivity contribution in [1.82, 2.24) is 10.9 Å². The number of nitro benzene ring substituents is 1. The second-order valence-corrected chi connectivity index (χ2v) is 5.41. The molecule has 0 heterocycles. The predicted octanol–water partition coefficient (Wildman–Crippen LogP) is 2.01. The van der Waals surface area contributed by atoms with Crippen molar-refractivity contribution in [2.24, 2.45) is 0 Å². The molecule has 0 aliphatic heterocycles. The third-order valence-corrected chi connectivity index (χ3v) is 3.38. The fourth-order valence-corrected chi connectivity index (χ4v) is 2.08. The first-order valence-electron chi connectivity index (χ1n) is 7.24. The van der Waals surface area contributed by atoms with Crippen LogP contribution >= 0.6 is 11.6 Å². The summed E-state index contributed by atoms with van der Waals surface area (Å²) >= 11 is 5.64. The minimum absolute atomic E-state index is 0.0480. The Morgan fingerprint density at radius 2 is 1.81 bits per heavy atom. The zero-order valence-electron chi connectivity index (χ0n) is 13.4. The number of benzene rings is 2. The summed E-state index contributed by atoms with van der Waals surface area (Å²) in [6.45, 7) is -0.837. The number of halogens is 2. The first-order chi connectivity index (χ1) is 12.8. The van der Waals surface area contributed by atoms with Crippen molar-refractivity contribution in [1.29, 1.82) is 0 Å². The van der Waals surface area contributed by atoms with Crippen LogP contribution in [0.2, 0.25) is 5.02 Å². The zero-order valence-corrected chi connectivity index (χ0v) is 14.2. The van der Waals surface area contributed by atoms with Gasteiger partial charge in [-0.05, 0) is 24.3 Å². The SMILES string of the molecule is O=C(COC(=O)c1ccc(Cl)cc1[N+](=O)[O-])NNC(=O)c1ccccc1F. The molecule has 140 valence electrons. The van der Waals surface area contributed by atoms with Gasteiger partial charge in [-0.25, -0.2) is 9.18 Å². The normalized spacial score (nSPS) is 10.0. The average molecular weight is 396 g/mol. The number of nitrogens with zero attached hydrogens (tertiary/aromatic N) is 1. The van der Waals surface area contributed by atoms with Gasteiger partial charge in [-0.3, -0.25) is 30.6 Å². The Hall–Kier alpha value is -3.53. The molecule has 11 heteroatoms. The summed E-state index contributed by atoms with van der Waals surface area (Å²) in [5, 5.41) is 11.0. The molecule has 2 amide bonds. The molecule has 0 radical (unpaired) electrons. The monoisotopic (exact) mass is 395 g/mol. The number of nitro groups is 1. The number of rotatable bonds is 5. The van der Waals surface area contributed by atoms with Crippen molar-refractivity contribution < 1.29 is 28.4 Å². The van der Waals surface area contributed by atoms with Crippen LogP contribution in [0.3, 0.4) is 0 Å². The van der Waals surface area contributed by atoms with E-state index >= 15 is 0 Å². The fourth-order valence-electron chi connectivity index (χ4n) is 1.91. The van der Waals surface area contributed by atoms with Gasteiger partial charge in [0.15, 0.2) is 6.61 Å². The lowest BCUT2D eigenvalue weighted by Crippen LogP contribution is -2.43. The van der Waals surface area contributed by atoms with Crippen LogP contribution in [0, 0.1) is 15.9 Å². The molecule has 0 saturated carbocycles. The van der Waals surface area contributed by atoms with Crippen LogP contribution in [0.1, 0.15) is 20.7 Å². The highest BCUT2D eigenvalue weighted by Gasteiger charge is 2.22. The van der Waals surface area contributed by atoms with E-state index in [1.807, 2.05) is 10.9 Å². The van der Waals surface area contributed by atoms with Crippen LogP contribution in [0.25, 0.3) is 0 Å². The lowest BCUT2D eigenvalue weighted by Gasteiger charge is -2.09. The highest BCUT2D eigenvalue weighted by atomic mass is 35.5. The van der Waals surface area contributed by atoms with Crippen molar-refractivity contribution in [3.05, 3.63) is 74.5 Å². The molecule has 0 aromatic heterocycles. The Morgan fingerprint density at radius 3 is 2.48 bits per heavy atom. The molecule has 0 aliphatic rings. The van der Waals surface area contributed by atoms with Crippen molar-refractivity contribution in [3.8, 4) is 0 Å². The van der Waals surface area contributed by atoms with Gasteiger partial charge in [0.05, 0.1) is 10.5 Å². The summed E-state index contributed by atoms with van der Waals surface area (Å²) in [5.41, 5.74) is 2.59. The number of esters is 1. The second kappa shape index (κ2) is 8.72. The molecule has 0 saturated heterocycles. The third kappa shape index (κ3) is 5.22.